The third-order valence-electron chi connectivity index (χ3n) is 12.1. The summed E-state index contributed by atoms with van der Waals surface area (Å²) in [4.78, 5) is 51.4. The van der Waals surface area contributed by atoms with Crippen LogP contribution in [0, 0.1) is 5.92 Å². The molecule has 0 unspecified atom stereocenters. The Hall–Kier alpha value is -2.42. The lowest BCUT2D eigenvalue weighted by Crippen LogP contribution is -2.37. The maximum Gasteiger partial charge on any atom is 0.306 e. The van der Waals surface area contributed by atoms with E-state index in [1.54, 1.807) is 7.05 Å². The lowest BCUT2D eigenvalue weighted by Gasteiger charge is -2.23. The van der Waals surface area contributed by atoms with Gasteiger partial charge in [-0.3, -0.25) is 19.2 Å². The quantitative estimate of drug-likeness (QED) is 0.0377. The third-order valence-corrected chi connectivity index (χ3v) is 12.1. The highest BCUT2D eigenvalue weighted by Gasteiger charge is 2.19. The number of carbonyl (C=O) groups is 2. The monoisotopic (exact) mass is 832 g/mol. The normalized spacial score (nSPS) is 11.7. The van der Waals surface area contributed by atoms with Crippen LogP contribution in [0.5, 0.6) is 0 Å². The molecule has 1 rings (SSSR count). The molecule has 59 heavy (non-hydrogen) atoms. The van der Waals surface area contributed by atoms with Gasteiger partial charge in [-0.05, 0) is 89.8 Å². The molecule has 0 saturated carbocycles. The smallest absolute Gasteiger partial charge is 0.306 e. The van der Waals surface area contributed by atoms with Crippen molar-refractivity contribution in [1.29, 1.82) is 0 Å². The molecule has 0 radical (unpaired) electrons. The molecule has 344 valence electrons. The van der Waals surface area contributed by atoms with Gasteiger partial charge < -0.3 is 25.0 Å². The van der Waals surface area contributed by atoms with Crippen LogP contribution in [0.3, 0.4) is 0 Å². The van der Waals surface area contributed by atoms with Gasteiger partial charge in [-0.15, -0.1) is 0 Å². The van der Waals surface area contributed by atoms with Gasteiger partial charge in [-0.25, -0.2) is 0 Å². The van der Waals surface area contributed by atoms with E-state index in [1.807, 2.05) is 0 Å². The molecule has 0 heterocycles. The molecule has 9 heteroatoms. The number of rotatable bonds is 44. The van der Waals surface area contributed by atoms with Gasteiger partial charge in [0.1, 0.15) is 17.5 Å². The van der Waals surface area contributed by atoms with Crippen LogP contribution in [-0.2, 0) is 19.1 Å². The predicted octanol–water partition coefficient (Wildman–Crippen LogP) is 12.7. The molecular weight excluding hydrogens is 739 g/mol. The van der Waals surface area contributed by atoms with Crippen molar-refractivity contribution in [2.24, 2.45) is 5.92 Å². The number of nitrogens with zero attached hydrogens (tertiary/aromatic N) is 1. The lowest BCUT2D eigenvalue weighted by atomic mass is 9.92. The number of nitrogens with one attached hydrogen (secondary N) is 2. The molecule has 1 aromatic rings. The van der Waals surface area contributed by atoms with E-state index in [1.165, 1.54) is 89.9 Å². The summed E-state index contributed by atoms with van der Waals surface area (Å²) in [5, 5.41) is 6.01. The number of ether oxygens (including phenoxy) is 2. The molecule has 1 aromatic carbocycles. The van der Waals surface area contributed by atoms with Gasteiger partial charge in [0.25, 0.3) is 10.9 Å². The van der Waals surface area contributed by atoms with Crippen molar-refractivity contribution >= 4 is 23.3 Å². The summed E-state index contributed by atoms with van der Waals surface area (Å²) in [5.41, 5.74) is -0.0612. The largest absolute Gasteiger partial charge is 0.466 e. The fourth-order valence-electron chi connectivity index (χ4n) is 8.24. The van der Waals surface area contributed by atoms with Crippen LogP contribution in [0.15, 0.2) is 9.59 Å². The zero-order valence-electron chi connectivity index (χ0n) is 39.2. The fraction of sp³-hybridized carbons (Fsp3) is 0.880. The summed E-state index contributed by atoms with van der Waals surface area (Å²) >= 11 is 0. The molecule has 0 bridgehead atoms. The van der Waals surface area contributed by atoms with Crippen molar-refractivity contribution in [3.05, 3.63) is 20.4 Å². The Bertz CT molecular complexity index is 1190. The van der Waals surface area contributed by atoms with Crippen LogP contribution in [0.1, 0.15) is 233 Å². The van der Waals surface area contributed by atoms with E-state index in [2.05, 4.69) is 43.2 Å². The van der Waals surface area contributed by atoms with E-state index in [-0.39, 0.29) is 18.0 Å². The van der Waals surface area contributed by atoms with Gasteiger partial charge in [-0.2, -0.15) is 0 Å². The van der Waals surface area contributed by atoms with Gasteiger partial charge in [0, 0.05) is 26.4 Å². The first kappa shape index (κ1) is 54.6. The molecule has 0 atom stereocenters. The standard InChI is InChI=1S/C50H93N3O6/c1-6-10-14-24-33-44(34-25-15-11-7-2)59-46(55)36-27-19-17-21-29-40-53(41-30-38-52-48-47(51-5)49(56)50(48)57)39-28-20-16-18-26-35-45(54)58-42-37-43(31-22-12-8-3)32-23-13-9-4/h43-44,51-52H,6-42H2,1-5H3. The van der Waals surface area contributed by atoms with Crippen LogP contribution in [0.25, 0.3) is 0 Å². The Labute approximate surface area is 362 Å². The average molecular weight is 832 g/mol. The summed E-state index contributed by atoms with van der Waals surface area (Å²) in [6, 6.07) is 0. The van der Waals surface area contributed by atoms with E-state index in [0.29, 0.717) is 43.3 Å². The van der Waals surface area contributed by atoms with Crippen LogP contribution >= 0.6 is 0 Å². The van der Waals surface area contributed by atoms with E-state index < -0.39 is 10.9 Å². The van der Waals surface area contributed by atoms with Gasteiger partial charge in [0.2, 0.25) is 0 Å². The maximum atomic E-state index is 12.7. The number of hydrogen-bond acceptors (Lipinski definition) is 9. The minimum Gasteiger partial charge on any atom is -0.466 e. The molecule has 0 spiro atoms. The molecule has 9 nitrogen and oxygen atoms in total. The molecule has 0 saturated heterocycles. The number of hydrogen-bond donors (Lipinski definition) is 2. The van der Waals surface area contributed by atoms with Crippen molar-refractivity contribution in [3.8, 4) is 0 Å². The topological polar surface area (TPSA) is 114 Å². The van der Waals surface area contributed by atoms with Gasteiger partial charge in [0.05, 0.1) is 6.61 Å². The molecule has 0 aliphatic carbocycles. The summed E-state index contributed by atoms with van der Waals surface area (Å²) in [6.45, 7) is 13.2. The highest BCUT2D eigenvalue weighted by atomic mass is 16.5. The summed E-state index contributed by atoms with van der Waals surface area (Å²) in [6.07, 6.45) is 35.7. The first-order valence-electron chi connectivity index (χ1n) is 25.1. The Kier molecular flexibility index (Phi) is 35.6. The van der Waals surface area contributed by atoms with Crippen molar-refractivity contribution in [1.82, 2.24) is 4.90 Å². The predicted molar refractivity (Wildman–Crippen MR) is 251 cm³/mol. The number of unbranched alkanes of at least 4 members (excludes halogenated alkanes) is 18. The average Bonchev–Trinajstić information content (AvgIpc) is 3.23. The Morgan fingerprint density at radius 2 is 0.949 bits per heavy atom. The van der Waals surface area contributed by atoms with Crippen LogP contribution in [0.4, 0.5) is 11.4 Å². The number of esters is 2. The number of carbonyl (C=O) groups excluding carboxylic acids is 2. The third kappa shape index (κ3) is 28.7. The minimum absolute atomic E-state index is 0.0130. The molecule has 2 N–H and O–H groups in total. The first-order chi connectivity index (χ1) is 28.8. The summed E-state index contributed by atoms with van der Waals surface area (Å²) in [7, 11) is 1.67. The highest BCUT2D eigenvalue weighted by molar-refractivity contribution is 5.73. The van der Waals surface area contributed by atoms with Crippen LogP contribution < -0.4 is 21.5 Å². The minimum atomic E-state index is -0.440. The SMILES string of the molecule is CCCCCCC(CCCCCC)OC(=O)CCCCCCCN(CCCCCCCC(=O)OCCC(CCCCC)CCCCC)CCCNc1c(NC)c(=O)c1=O. The van der Waals surface area contributed by atoms with Gasteiger partial charge >= 0.3 is 11.9 Å². The van der Waals surface area contributed by atoms with Gasteiger partial charge in [0.15, 0.2) is 0 Å². The van der Waals surface area contributed by atoms with Gasteiger partial charge in [-0.1, -0.05) is 156 Å². The molecule has 0 fully saturated rings. The Morgan fingerprint density at radius 3 is 1.49 bits per heavy atom. The van der Waals surface area contributed by atoms with Crippen LogP contribution in [-0.4, -0.2) is 62.8 Å². The maximum absolute atomic E-state index is 12.7. The first-order valence-corrected chi connectivity index (χ1v) is 25.1. The van der Waals surface area contributed by atoms with E-state index in [0.717, 1.165) is 122 Å². The molecule has 0 aliphatic rings. The molecular formula is C50H93N3O6. The van der Waals surface area contributed by atoms with E-state index >= 15 is 0 Å². The fourth-order valence-corrected chi connectivity index (χ4v) is 8.24. The highest BCUT2D eigenvalue weighted by Crippen LogP contribution is 2.22. The van der Waals surface area contributed by atoms with E-state index in [9.17, 15) is 19.2 Å². The zero-order valence-corrected chi connectivity index (χ0v) is 39.2. The second-order valence-corrected chi connectivity index (χ2v) is 17.5. The lowest BCUT2D eigenvalue weighted by molar-refractivity contribution is -0.150. The summed E-state index contributed by atoms with van der Waals surface area (Å²) in [5.74, 6) is 0.639. The molecule has 0 aromatic heterocycles. The Morgan fingerprint density at radius 1 is 0.508 bits per heavy atom. The second-order valence-electron chi connectivity index (χ2n) is 17.5. The summed E-state index contributed by atoms with van der Waals surface area (Å²) < 4.78 is 11.6. The number of anilines is 2. The van der Waals surface area contributed by atoms with E-state index in [4.69, 9.17) is 9.47 Å². The molecule has 0 amide bonds. The second kappa shape index (κ2) is 38.5. The van der Waals surface area contributed by atoms with Crippen molar-refractivity contribution in [2.75, 3.05) is 50.5 Å². The van der Waals surface area contributed by atoms with Crippen molar-refractivity contribution in [3.63, 3.8) is 0 Å². The Balaban J connectivity index is 2.39. The van der Waals surface area contributed by atoms with Crippen molar-refractivity contribution in [2.45, 2.75) is 239 Å². The zero-order chi connectivity index (χ0) is 43.2. The van der Waals surface area contributed by atoms with Crippen LogP contribution in [0.2, 0.25) is 0 Å². The molecule has 0 aliphatic heterocycles. The van der Waals surface area contributed by atoms with Crippen molar-refractivity contribution < 1.29 is 19.1 Å².